The zero-order valence-corrected chi connectivity index (χ0v) is 23.5. The number of carbonyl (C=O) groups is 5. The number of carbonyl (C=O) groups excluding carboxylic acids is 5. The zero-order chi connectivity index (χ0) is 28.0. The summed E-state index contributed by atoms with van der Waals surface area (Å²) < 4.78 is 0. The van der Waals surface area contributed by atoms with E-state index in [0.717, 1.165) is 77.0 Å². The maximum Gasteiger partial charge on any atom is 0.315 e. The lowest BCUT2D eigenvalue weighted by Gasteiger charge is -2.39. The molecule has 5 amide bonds. The van der Waals surface area contributed by atoms with E-state index in [0.29, 0.717) is 31.7 Å². The summed E-state index contributed by atoms with van der Waals surface area (Å²) in [6.07, 6.45) is 14.4. The quantitative estimate of drug-likeness (QED) is 0.294. The lowest BCUT2D eigenvalue weighted by Crippen LogP contribution is -2.61. The molecule has 39 heavy (non-hydrogen) atoms. The van der Waals surface area contributed by atoms with Gasteiger partial charge >= 0.3 is 6.03 Å². The van der Waals surface area contributed by atoms with Gasteiger partial charge in [0.25, 0.3) is 5.91 Å². The van der Waals surface area contributed by atoms with Gasteiger partial charge in [-0.25, -0.2) is 4.79 Å². The standard InChI is InChI=1S/C29H47N5O5/c1-2-29(15-7-4-8-16-29)33-28(39)32-23(20-10-5-3-6-11-20)27(38)34-17-9-12-22(34)26(37)31-21(18-19-13-14-19)24(35)25(30)36/h19-23H,2-18H2,1H3,(H2,30,36)(H,31,37)(H2,32,33,39). The van der Waals surface area contributed by atoms with Gasteiger partial charge in [-0.05, 0) is 63.2 Å². The summed E-state index contributed by atoms with van der Waals surface area (Å²) in [7, 11) is 0. The van der Waals surface area contributed by atoms with Crippen molar-refractivity contribution < 1.29 is 24.0 Å². The van der Waals surface area contributed by atoms with E-state index in [-0.39, 0.29) is 23.4 Å². The number of Topliss-reactive ketones (excluding diaryl/α,β-unsaturated/α-hetero) is 1. The van der Waals surface area contributed by atoms with E-state index in [1.54, 1.807) is 4.90 Å². The van der Waals surface area contributed by atoms with Crippen LogP contribution in [0.5, 0.6) is 0 Å². The Morgan fingerprint density at radius 2 is 1.54 bits per heavy atom. The van der Waals surface area contributed by atoms with Crippen molar-refractivity contribution in [2.24, 2.45) is 17.6 Å². The molecular weight excluding hydrogens is 498 g/mol. The zero-order valence-electron chi connectivity index (χ0n) is 23.5. The number of hydrogen-bond donors (Lipinski definition) is 4. The molecule has 0 aromatic heterocycles. The van der Waals surface area contributed by atoms with Gasteiger partial charge in [-0.1, -0.05) is 58.3 Å². The van der Waals surface area contributed by atoms with Gasteiger partial charge in [0.05, 0.1) is 6.04 Å². The second kappa shape index (κ2) is 13.1. The normalized spacial score (nSPS) is 24.8. The van der Waals surface area contributed by atoms with Crippen LogP contribution >= 0.6 is 0 Å². The largest absolute Gasteiger partial charge is 0.363 e. The predicted octanol–water partition coefficient (Wildman–Crippen LogP) is 2.68. The van der Waals surface area contributed by atoms with Gasteiger partial charge in [-0.2, -0.15) is 0 Å². The maximum atomic E-state index is 14.0. The van der Waals surface area contributed by atoms with Crippen molar-refractivity contribution >= 4 is 29.5 Å². The molecule has 3 aliphatic carbocycles. The first-order chi connectivity index (χ1) is 18.7. The van der Waals surface area contributed by atoms with Crippen molar-refractivity contribution in [1.29, 1.82) is 0 Å². The Morgan fingerprint density at radius 3 is 2.15 bits per heavy atom. The summed E-state index contributed by atoms with van der Waals surface area (Å²) in [6, 6.07) is -2.71. The van der Waals surface area contributed by atoms with Crippen LogP contribution in [0, 0.1) is 11.8 Å². The van der Waals surface area contributed by atoms with E-state index in [4.69, 9.17) is 5.73 Å². The Kier molecular flexibility index (Phi) is 9.88. The SMILES string of the molecule is CCC1(NC(=O)NC(C(=O)N2CCCC2C(=O)NC(CC2CC2)C(=O)C(N)=O)C2CCCCC2)CCCCC1. The average molecular weight is 546 g/mol. The number of likely N-dealkylation sites (tertiary alicyclic amines) is 1. The predicted molar refractivity (Wildman–Crippen MR) is 146 cm³/mol. The van der Waals surface area contributed by atoms with Crippen LogP contribution in [0.25, 0.3) is 0 Å². The molecule has 3 unspecified atom stereocenters. The molecule has 1 saturated heterocycles. The summed E-state index contributed by atoms with van der Waals surface area (Å²) in [6.45, 7) is 2.52. The monoisotopic (exact) mass is 545 g/mol. The highest BCUT2D eigenvalue weighted by molar-refractivity contribution is 6.37. The third-order valence-corrected chi connectivity index (χ3v) is 9.52. The van der Waals surface area contributed by atoms with E-state index in [2.05, 4.69) is 22.9 Å². The Labute approximate surface area is 231 Å². The minimum Gasteiger partial charge on any atom is -0.363 e. The molecule has 3 atom stereocenters. The van der Waals surface area contributed by atoms with E-state index >= 15 is 0 Å². The summed E-state index contributed by atoms with van der Waals surface area (Å²) in [4.78, 5) is 66.2. The van der Waals surface area contributed by atoms with E-state index in [1.807, 2.05) is 0 Å². The van der Waals surface area contributed by atoms with Crippen LogP contribution in [0.1, 0.15) is 110 Å². The average Bonchev–Trinajstić information content (AvgIpc) is 3.62. The molecule has 3 saturated carbocycles. The molecule has 10 heteroatoms. The van der Waals surface area contributed by atoms with Crippen LogP contribution in [0.3, 0.4) is 0 Å². The van der Waals surface area contributed by atoms with Gasteiger partial charge in [0.15, 0.2) is 0 Å². The fourth-order valence-electron chi connectivity index (χ4n) is 6.90. The van der Waals surface area contributed by atoms with Crippen LogP contribution in [0.2, 0.25) is 0 Å². The van der Waals surface area contributed by atoms with Crippen LogP contribution in [0.4, 0.5) is 4.79 Å². The Morgan fingerprint density at radius 1 is 0.872 bits per heavy atom. The van der Waals surface area contributed by atoms with Gasteiger partial charge in [-0.3, -0.25) is 19.2 Å². The van der Waals surface area contributed by atoms with Crippen molar-refractivity contribution in [2.45, 2.75) is 133 Å². The van der Waals surface area contributed by atoms with Gasteiger partial charge in [0.1, 0.15) is 12.1 Å². The number of urea groups is 1. The number of nitrogens with two attached hydrogens (primary N) is 1. The minimum absolute atomic E-state index is 0.0179. The molecule has 1 heterocycles. The maximum absolute atomic E-state index is 14.0. The number of primary amides is 1. The fraction of sp³-hybridized carbons (Fsp3) is 0.828. The van der Waals surface area contributed by atoms with Crippen LogP contribution in [-0.4, -0.2) is 64.6 Å². The third-order valence-electron chi connectivity index (χ3n) is 9.52. The molecule has 4 rings (SSSR count). The third kappa shape index (κ3) is 7.51. The molecule has 0 bridgehead atoms. The summed E-state index contributed by atoms with van der Waals surface area (Å²) in [5.41, 5.74) is 5.01. The number of nitrogens with one attached hydrogen (secondary N) is 3. The lowest BCUT2D eigenvalue weighted by atomic mass is 9.80. The highest BCUT2D eigenvalue weighted by Gasteiger charge is 2.43. The minimum atomic E-state index is -1.06. The van der Waals surface area contributed by atoms with Gasteiger partial charge in [0.2, 0.25) is 17.6 Å². The first kappa shape index (κ1) is 29.3. The van der Waals surface area contributed by atoms with Crippen LogP contribution in [0.15, 0.2) is 0 Å². The van der Waals surface area contributed by atoms with Crippen molar-refractivity contribution in [2.75, 3.05) is 6.54 Å². The Hall–Kier alpha value is -2.65. The van der Waals surface area contributed by atoms with Gasteiger partial charge < -0.3 is 26.6 Å². The van der Waals surface area contributed by atoms with Crippen LogP contribution < -0.4 is 21.7 Å². The second-order valence-electron chi connectivity index (χ2n) is 12.3. The molecule has 0 aromatic rings. The topological polar surface area (TPSA) is 151 Å². The number of nitrogens with zero attached hydrogens (tertiary/aromatic N) is 1. The van der Waals surface area contributed by atoms with Crippen LogP contribution in [-0.2, 0) is 19.2 Å². The van der Waals surface area contributed by atoms with Gasteiger partial charge in [-0.15, -0.1) is 0 Å². The Balaban J connectivity index is 1.46. The first-order valence-electron chi connectivity index (χ1n) is 15.3. The van der Waals surface area contributed by atoms with E-state index in [1.165, 1.54) is 6.42 Å². The van der Waals surface area contributed by atoms with E-state index in [9.17, 15) is 24.0 Å². The molecule has 4 fully saturated rings. The molecule has 0 aromatic carbocycles. The summed E-state index contributed by atoms with van der Waals surface area (Å²) in [5.74, 6) is -2.20. The lowest BCUT2D eigenvalue weighted by molar-refractivity contribution is -0.143. The van der Waals surface area contributed by atoms with Crippen molar-refractivity contribution in [3.8, 4) is 0 Å². The Bertz CT molecular complexity index is 923. The van der Waals surface area contributed by atoms with Crippen molar-refractivity contribution in [3.05, 3.63) is 0 Å². The molecule has 10 nitrogen and oxygen atoms in total. The molecule has 5 N–H and O–H groups in total. The molecular formula is C29H47N5O5. The molecule has 0 spiro atoms. The number of amides is 5. The molecule has 4 aliphatic rings. The first-order valence-corrected chi connectivity index (χ1v) is 15.3. The number of hydrogen-bond acceptors (Lipinski definition) is 5. The number of ketones is 1. The number of rotatable bonds is 11. The highest BCUT2D eigenvalue weighted by Crippen LogP contribution is 2.34. The fourth-order valence-corrected chi connectivity index (χ4v) is 6.90. The van der Waals surface area contributed by atoms with E-state index < -0.39 is 35.7 Å². The summed E-state index contributed by atoms with van der Waals surface area (Å²) in [5, 5.41) is 9.01. The smallest absolute Gasteiger partial charge is 0.315 e. The summed E-state index contributed by atoms with van der Waals surface area (Å²) >= 11 is 0. The second-order valence-corrected chi connectivity index (χ2v) is 12.3. The van der Waals surface area contributed by atoms with Crippen molar-refractivity contribution in [3.63, 3.8) is 0 Å². The molecule has 0 radical (unpaired) electrons. The van der Waals surface area contributed by atoms with Crippen molar-refractivity contribution in [1.82, 2.24) is 20.9 Å². The van der Waals surface area contributed by atoms with Gasteiger partial charge in [0, 0.05) is 12.1 Å². The molecule has 218 valence electrons. The highest BCUT2D eigenvalue weighted by atomic mass is 16.2. The molecule has 1 aliphatic heterocycles.